The molecule has 5 heteroatoms. The summed E-state index contributed by atoms with van der Waals surface area (Å²) in [4.78, 5) is 2.47. The molecule has 1 fully saturated rings. The summed E-state index contributed by atoms with van der Waals surface area (Å²) in [7, 11) is 0. The summed E-state index contributed by atoms with van der Waals surface area (Å²) in [5.41, 5.74) is 2.34. The SMILES string of the molecule is Clc1ccc(C(c2cccc(Br)c2)N2CCNCC2)c(Cl)c1. The predicted octanol–water partition coefficient (Wildman–Crippen LogP) is 4.75. The van der Waals surface area contributed by atoms with Crippen molar-refractivity contribution in [3.05, 3.63) is 68.1 Å². The van der Waals surface area contributed by atoms with Gasteiger partial charge in [-0.2, -0.15) is 0 Å². The quantitative estimate of drug-likeness (QED) is 0.800. The standard InChI is InChI=1S/C17H17BrCl2N2/c18-13-3-1-2-12(10-13)17(22-8-6-21-7-9-22)15-5-4-14(19)11-16(15)20/h1-5,10-11,17,21H,6-9H2. The number of halogens is 3. The van der Waals surface area contributed by atoms with Gasteiger partial charge in [-0.05, 0) is 35.4 Å². The minimum Gasteiger partial charge on any atom is -0.314 e. The molecule has 0 radical (unpaired) electrons. The Hall–Kier alpha value is -0.580. The number of rotatable bonds is 3. The van der Waals surface area contributed by atoms with Crippen molar-refractivity contribution < 1.29 is 0 Å². The van der Waals surface area contributed by atoms with Crippen LogP contribution in [0.3, 0.4) is 0 Å². The van der Waals surface area contributed by atoms with Crippen LogP contribution in [0.25, 0.3) is 0 Å². The maximum Gasteiger partial charge on any atom is 0.0617 e. The van der Waals surface area contributed by atoms with Crippen LogP contribution in [0.5, 0.6) is 0 Å². The fraction of sp³-hybridized carbons (Fsp3) is 0.294. The molecule has 22 heavy (non-hydrogen) atoms. The Balaban J connectivity index is 2.05. The molecule has 2 nitrogen and oxygen atoms in total. The van der Waals surface area contributed by atoms with E-state index in [1.807, 2.05) is 24.3 Å². The highest BCUT2D eigenvalue weighted by Gasteiger charge is 2.25. The zero-order valence-electron chi connectivity index (χ0n) is 12.0. The second-order valence-electron chi connectivity index (χ2n) is 5.41. The third-order valence-corrected chi connectivity index (χ3v) is 4.99. The molecule has 1 N–H and O–H groups in total. The van der Waals surface area contributed by atoms with Crippen LogP contribution in [0.2, 0.25) is 10.0 Å². The molecule has 1 heterocycles. The van der Waals surface area contributed by atoms with Gasteiger partial charge >= 0.3 is 0 Å². The van der Waals surface area contributed by atoms with Crippen LogP contribution in [0.15, 0.2) is 46.9 Å². The van der Waals surface area contributed by atoms with Crippen LogP contribution < -0.4 is 5.32 Å². The monoisotopic (exact) mass is 398 g/mol. The summed E-state index contributed by atoms with van der Waals surface area (Å²) >= 11 is 16.1. The highest BCUT2D eigenvalue weighted by molar-refractivity contribution is 9.10. The average molecular weight is 400 g/mol. The van der Waals surface area contributed by atoms with Gasteiger partial charge in [0.1, 0.15) is 0 Å². The number of hydrogen-bond donors (Lipinski definition) is 1. The molecule has 0 aliphatic carbocycles. The predicted molar refractivity (Wildman–Crippen MR) is 96.9 cm³/mol. The van der Waals surface area contributed by atoms with Crippen LogP contribution in [-0.4, -0.2) is 31.1 Å². The van der Waals surface area contributed by atoms with Crippen molar-refractivity contribution >= 4 is 39.1 Å². The lowest BCUT2D eigenvalue weighted by molar-refractivity contribution is 0.198. The second-order valence-corrected chi connectivity index (χ2v) is 7.17. The maximum atomic E-state index is 6.49. The number of benzene rings is 2. The van der Waals surface area contributed by atoms with Gasteiger partial charge in [-0.3, -0.25) is 4.90 Å². The molecule has 0 saturated carbocycles. The summed E-state index contributed by atoms with van der Waals surface area (Å²) < 4.78 is 1.08. The van der Waals surface area contributed by atoms with Crippen LogP contribution in [0.1, 0.15) is 17.2 Å². The topological polar surface area (TPSA) is 15.3 Å². The Bertz CT molecular complexity index is 657. The van der Waals surface area contributed by atoms with E-state index in [-0.39, 0.29) is 6.04 Å². The first-order chi connectivity index (χ1) is 10.6. The molecule has 116 valence electrons. The molecule has 0 aromatic heterocycles. The van der Waals surface area contributed by atoms with E-state index in [1.54, 1.807) is 0 Å². The van der Waals surface area contributed by atoms with Gasteiger partial charge in [0.25, 0.3) is 0 Å². The Morgan fingerprint density at radius 1 is 1.05 bits per heavy atom. The summed E-state index contributed by atoms with van der Waals surface area (Å²) in [5, 5.41) is 4.79. The van der Waals surface area contributed by atoms with E-state index in [4.69, 9.17) is 23.2 Å². The Morgan fingerprint density at radius 2 is 1.82 bits per heavy atom. The van der Waals surface area contributed by atoms with Gasteiger partial charge in [0.15, 0.2) is 0 Å². The lowest BCUT2D eigenvalue weighted by Gasteiger charge is -2.36. The number of nitrogens with zero attached hydrogens (tertiary/aromatic N) is 1. The molecule has 1 aliphatic heterocycles. The molecule has 1 saturated heterocycles. The van der Waals surface area contributed by atoms with Gasteiger partial charge in [0.05, 0.1) is 6.04 Å². The number of piperazine rings is 1. The van der Waals surface area contributed by atoms with Crippen molar-refractivity contribution in [3.8, 4) is 0 Å². The van der Waals surface area contributed by atoms with Crippen molar-refractivity contribution in [3.63, 3.8) is 0 Å². The third-order valence-electron chi connectivity index (χ3n) is 3.94. The van der Waals surface area contributed by atoms with Crippen LogP contribution in [-0.2, 0) is 0 Å². The van der Waals surface area contributed by atoms with Crippen LogP contribution in [0, 0.1) is 0 Å². The third kappa shape index (κ3) is 3.66. The number of hydrogen-bond acceptors (Lipinski definition) is 2. The van der Waals surface area contributed by atoms with E-state index in [0.717, 1.165) is 41.2 Å². The van der Waals surface area contributed by atoms with E-state index >= 15 is 0 Å². The summed E-state index contributed by atoms with van der Waals surface area (Å²) in [6.45, 7) is 3.98. The molecule has 3 rings (SSSR count). The minimum absolute atomic E-state index is 0.143. The highest BCUT2D eigenvalue weighted by Crippen LogP contribution is 2.35. The minimum atomic E-state index is 0.143. The van der Waals surface area contributed by atoms with Crippen LogP contribution in [0.4, 0.5) is 0 Å². The molecule has 1 aliphatic rings. The van der Waals surface area contributed by atoms with Gasteiger partial charge in [0.2, 0.25) is 0 Å². The lowest BCUT2D eigenvalue weighted by Crippen LogP contribution is -2.45. The van der Waals surface area contributed by atoms with E-state index in [0.29, 0.717) is 5.02 Å². The molecule has 2 aromatic carbocycles. The van der Waals surface area contributed by atoms with Crippen molar-refractivity contribution in [2.45, 2.75) is 6.04 Å². The first-order valence-electron chi connectivity index (χ1n) is 7.30. The van der Waals surface area contributed by atoms with Crippen molar-refractivity contribution in [2.24, 2.45) is 0 Å². The van der Waals surface area contributed by atoms with Crippen molar-refractivity contribution in [1.82, 2.24) is 10.2 Å². The molecule has 0 amide bonds. The van der Waals surface area contributed by atoms with Gasteiger partial charge in [-0.1, -0.05) is 57.3 Å². The zero-order chi connectivity index (χ0) is 15.5. The van der Waals surface area contributed by atoms with E-state index < -0.39 is 0 Å². The Kier molecular flexibility index (Phi) is 5.42. The molecule has 0 bridgehead atoms. The summed E-state index contributed by atoms with van der Waals surface area (Å²) in [6, 6.07) is 14.4. The van der Waals surface area contributed by atoms with Crippen LogP contribution >= 0.6 is 39.1 Å². The normalized spacial score (nSPS) is 17.4. The van der Waals surface area contributed by atoms with Crippen molar-refractivity contribution in [2.75, 3.05) is 26.2 Å². The van der Waals surface area contributed by atoms with Gasteiger partial charge < -0.3 is 5.32 Å². The van der Waals surface area contributed by atoms with Gasteiger partial charge in [-0.15, -0.1) is 0 Å². The zero-order valence-corrected chi connectivity index (χ0v) is 15.1. The fourth-order valence-corrected chi connectivity index (χ4v) is 3.86. The lowest BCUT2D eigenvalue weighted by atomic mass is 9.96. The Labute approximate surface area is 149 Å². The molecule has 2 aromatic rings. The highest BCUT2D eigenvalue weighted by atomic mass is 79.9. The Morgan fingerprint density at radius 3 is 2.50 bits per heavy atom. The summed E-state index contributed by atoms with van der Waals surface area (Å²) in [6.07, 6.45) is 0. The number of nitrogens with one attached hydrogen (secondary N) is 1. The maximum absolute atomic E-state index is 6.49. The van der Waals surface area contributed by atoms with E-state index in [2.05, 4.69) is 44.3 Å². The smallest absolute Gasteiger partial charge is 0.0617 e. The second kappa shape index (κ2) is 7.33. The molecule has 1 unspecified atom stereocenters. The van der Waals surface area contributed by atoms with Crippen molar-refractivity contribution in [1.29, 1.82) is 0 Å². The average Bonchev–Trinajstić information content (AvgIpc) is 2.51. The summed E-state index contributed by atoms with van der Waals surface area (Å²) in [5.74, 6) is 0. The fourth-order valence-electron chi connectivity index (χ4n) is 2.93. The molecular weight excluding hydrogens is 383 g/mol. The van der Waals surface area contributed by atoms with Gasteiger partial charge in [0, 0.05) is 40.7 Å². The molecule has 1 atom stereocenters. The largest absolute Gasteiger partial charge is 0.314 e. The molecule has 0 spiro atoms. The van der Waals surface area contributed by atoms with Gasteiger partial charge in [-0.25, -0.2) is 0 Å². The van der Waals surface area contributed by atoms with E-state index in [1.165, 1.54) is 5.56 Å². The first-order valence-corrected chi connectivity index (χ1v) is 8.85. The molecular formula is C17H17BrCl2N2. The first kappa shape index (κ1) is 16.3. The van der Waals surface area contributed by atoms with E-state index in [9.17, 15) is 0 Å².